The standard InChI is InChI=1S/C33H30F7N/c1-2-17-12-26(34)23(27(35)13-17)10-4-18-3-9-22-24(11-18)32(39)33(40)30(31(22)38)20-7-5-19(6-8-20)21-14-28(36)25(16-41)29(37)15-21/h12-15,18-20H,2-11H2,1H3. The second-order valence-corrected chi connectivity index (χ2v) is 11.4. The van der Waals surface area contributed by atoms with E-state index in [4.69, 9.17) is 5.26 Å². The molecule has 0 spiro atoms. The molecule has 1 fully saturated rings. The Morgan fingerprint density at radius 2 is 1.34 bits per heavy atom. The molecular formula is C33H30F7N. The number of hydrogen-bond acceptors (Lipinski definition) is 1. The maximum atomic E-state index is 15.7. The lowest BCUT2D eigenvalue weighted by molar-refractivity contribution is 0.353. The van der Waals surface area contributed by atoms with Crippen LogP contribution in [0.15, 0.2) is 24.3 Å². The van der Waals surface area contributed by atoms with Gasteiger partial charge in [-0.2, -0.15) is 5.26 Å². The van der Waals surface area contributed by atoms with Gasteiger partial charge in [0.1, 0.15) is 40.7 Å². The van der Waals surface area contributed by atoms with Gasteiger partial charge in [-0.3, -0.25) is 0 Å². The Balaban J connectivity index is 1.29. The largest absolute Gasteiger partial charge is 0.207 e. The molecule has 216 valence electrons. The second-order valence-electron chi connectivity index (χ2n) is 11.4. The maximum absolute atomic E-state index is 15.7. The third kappa shape index (κ3) is 5.60. The third-order valence-electron chi connectivity index (χ3n) is 9.05. The Bertz CT molecular complexity index is 1470. The number of nitrogens with zero attached hydrogens (tertiary/aromatic N) is 1. The Labute approximate surface area is 235 Å². The van der Waals surface area contributed by atoms with Crippen LogP contribution in [-0.4, -0.2) is 0 Å². The van der Waals surface area contributed by atoms with Crippen LogP contribution in [0.5, 0.6) is 0 Å². The normalized spacial score (nSPS) is 20.5. The summed E-state index contributed by atoms with van der Waals surface area (Å²) in [5.74, 6) is -7.11. The molecule has 1 saturated carbocycles. The molecule has 0 aromatic heterocycles. The summed E-state index contributed by atoms with van der Waals surface area (Å²) in [6.07, 6.45) is 3.21. The zero-order chi connectivity index (χ0) is 29.4. The number of benzene rings is 3. The van der Waals surface area contributed by atoms with Crippen LogP contribution in [0.1, 0.15) is 96.2 Å². The van der Waals surface area contributed by atoms with Gasteiger partial charge in [0.25, 0.3) is 0 Å². The molecule has 5 rings (SSSR count). The number of nitriles is 1. The molecule has 0 radical (unpaired) electrons. The van der Waals surface area contributed by atoms with E-state index >= 15 is 13.2 Å². The highest BCUT2D eigenvalue weighted by atomic mass is 19.2. The van der Waals surface area contributed by atoms with Gasteiger partial charge in [0.15, 0.2) is 11.6 Å². The van der Waals surface area contributed by atoms with Crippen LogP contribution < -0.4 is 0 Å². The van der Waals surface area contributed by atoms with Crippen molar-refractivity contribution in [2.75, 3.05) is 0 Å². The van der Waals surface area contributed by atoms with E-state index in [0.717, 1.165) is 12.1 Å². The Morgan fingerprint density at radius 3 is 1.93 bits per heavy atom. The SMILES string of the molecule is CCc1cc(F)c(CCC2CCc3c(F)c(C4CCC(c5cc(F)c(C#N)c(F)c5)CC4)c(F)c(F)c3C2)c(F)c1. The summed E-state index contributed by atoms with van der Waals surface area (Å²) in [6, 6.07) is 6.38. The van der Waals surface area contributed by atoms with E-state index in [0.29, 0.717) is 56.1 Å². The molecule has 0 saturated heterocycles. The van der Waals surface area contributed by atoms with Gasteiger partial charge in [0.2, 0.25) is 0 Å². The van der Waals surface area contributed by atoms with Crippen LogP contribution in [0, 0.1) is 58.0 Å². The smallest absolute Gasteiger partial charge is 0.165 e. The van der Waals surface area contributed by atoms with Crippen molar-refractivity contribution in [1.29, 1.82) is 5.26 Å². The predicted molar refractivity (Wildman–Crippen MR) is 141 cm³/mol. The first kappa shape index (κ1) is 29.2. The molecule has 2 aliphatic carbocycles. The molecule has 0 heterocycles. The highest BCUT2D eigenvalue weighted by Crippen LogP contribution is 2.45. The molecule has 3 aromatic carbocycles. The first-order valence-electron chi connectivity index (χ1n) is 14.2. The van der Waals surface area contributed by atoms with Crippen molar-refractivity contribution in [2.45, 2.75) is 83.0 Å². The fourth-order valence-corrected chi connectivity index (χ4v) is 6.69. The third-order valence-corrected chi connectivity index (χ3v) is 9.05. The summed E-state index contributed by atoms with van der Waals surface area (Å²) >= 11 is 0. The van der Waals surface area contributed by atoms with Crippen molar-refractivity contribution in [3.8, 4) is 6.07 Å². The van der Waals surface area contributed by atoms with Crippen LogP contribution in [0.25, 0.3) is 0 Å². The first-order valence-corrected chi connectivity index (χ1v) is 14.2. The highest BCUT2D eigenvalue weighted by Gasteiger charge is 2.35. The number of rotatable bonds is 6. The molecule has 0 aliphatic heterocycles. The zero-order valence-electron chi connectivity index (χ0n) is 22.7. The van der Waals surface area contributed by atoms with Gasteiger partial charge in [0, 0.05) is 11.1 Å². The molecule has 3 aromatic rings. The highest BCUT2D eigenvalue weighted by molar-refractivity contribution is 5.41. The number of aryl methyl sites for hydroxylation is 1. The van der Waals surface area contributed by atoms with Crippen LogP contribution in [-0.2, 0) is 25.7 Å². The van der Waals surface area contributed by atoms with Gasteiger partial charge in [-0.1, -0.05) is 6.92 Å². The number of fused-ring (bicyclic) bond motifs is 1. The lowest BCUT2D eigenvalue weighted by Gasteiger charge is -2.32. The van der Waals surface area contributed by atoms with Crippen molar-refractivity contribution in [1.82, 2.24) is 0 Å². The van der Waals surface area contributed by atoms with E-state index < -0.39 is 52.2 Å². The Morgan fingerprint density at radius 1 is 0.732 bits per heavy atom. The van der Waals surface area contributed by atoms with E-state index in [1.54, 1.807) is 6.92 Å². The molecule has 0 N–H and O–H groups in total. The minimum Gasteiger partial charge on any atom is -0.207 e. The van der Waals surface area contributed by atoms with Crippen LogP contribution >= 0.6 is 0 Å². The van der Waals surface area contributed by atoms with Gasteiger partial charge in [-0.15, -0.1) is 0 Å². The summed E-state index contributed by atoms with van der Waals surface area (Å²) in [7, 11) is 0. The predicted octanol–water partition coefficient (Wildman–Crippen LogP) is 9.27. The van der Waals surface area contributed by atoms with Crippen molar-refractivity contribution in [3.63, 3.8) is 0 Å². The molecule has 1 unspecified atom stereocenters. The first-order chi connectivity index (χ1) is 19.6. The number of halogens is 7. The minimum atomic E-state index is -1.20. The summed E-state index contributed by atoms with van der Waals surface area (Å²) in [4.78, 5) is 0. The Kier molecular flexibility index (Phi) is 8.45. The molecule has 8 heteroatoms. The molecule has 0 amide bonds. The van der Waals surface area contributed by atoms with Gasteiger partial charge >= 0.3 is 0 Å². The van der Waals surface area contributed by atoms with E-state index in [-0.39, 0.29) is 53.4 Å². The van der Waals surface area contributed by atoms with Crippen LogP contribution in [0.4, 0.5) is 30.7 Å². The molecule has 0 bridgehead atoms. The van der Waals surface area contributed by atoms with Crippen LogP contribution in [0.2, 0.25) is 0 Å². The quantitative estimate of drug-likeness (QED) is 0.213. The minimum absolute atomic E-state index is 0.000469. The van der Waals surface area contributed by atoms with E-state index in [1.165, 1.54) is 18.2 Å². The fraction of sp³-hybridized carbons (Fsp3) is 0.424. The molecule has 1 atom stereocenters. The Hall–Kier alpha value is -3.34. The monoisotopic (exact) mass is 573 g/mol. The lowest BCUT2D eigenvalue weighted by atomic mass is 9.73. The lowest BCUT2D eigenvalue weighted by Crippen LogP contribution is -2.23. The maximum Gasteiger partial charge on any atom is 0.165 e. The molecule has 41 heavy (non-hydrogen) atoms. The average Bonchev–Trinajstić information content (AvgIpc) is 2.95. The second kappa shape index (κ2) is 11.9. The van der Waals surface area contributed by atoms with Gasteiger partial charge < -0.3 is 0 Å². The van der Waals surface area contributed by atoms with Gasteiger partial charge in [-0.05, 0) is 128 Å². The van der Waals surface area contributed by atoms with Crippen molar-refractivity contribution < 1.29 is 30.7 Å². The number of hydrogen-bond donors (Lipinski definition) is 0. The summed E-state index contributed by atoms with van der Waals surface area (Å²) in [6.45, 7) is 1.80. The average molecular weight is 574 g/mol. The van der Waals surface area contributed by atoms with Crippen molar-refractivity contribution in [2.24, 2.45) is 5.92 Å². The van der Waals surface area contributed by atoms with E-state index in [1.807, 2.05) is 0 Å². The van der Waals surface area contributed by atoms with Gasteiger partial charge in [-0.25, -0.2) is 30.7 Å². The van der Waals surface area contributed by atoms with E-state index in [2.05, 4.69) is 0 Å². The van der Waals surface area contributed by atoms with Crippen LogP contribution in [0.3, 0.4) is 0 Å². The van der Waals surface area contributed by atoms with Crippen molar-refractivity contribution in [3.05, 3.63) is 104 Å². The fourth-order valence-electron chi connectivity index (χ4n) is 6.69. The van der Waals surface area contributed by atoms with Crippen molar-refractivity contribution >= 4 is 0 Å². The summed E-state index contributed by atoms with van der Waals surface area (Å²) < 4.78 is 103. The molecule has 1 nitrogen and oxygen atoms in total. The molecular weight excluding hydrogens is 543 g/mol. The van der Waals surface area contributed by atoms with E-state index in [9.17, 15) is 17.6 Å². The summed E-state index contributed by atoms with van der Waals surface area (Å²) in [5, 5.41) is 8.89. The topological polar surface area (TPSA) is 23.8 Å². The van der Waals surface area contributed by atoms with Gasteiger partial charge in [0.05, 0.1) is 0 Å². The molecule has 2 aliphatic rings. The zero-order valence-corrected chi connectivity index (χ0v) is 22.7. The summed E-state index contributed by atoms with van der Waals surface area (Å²) in [5.41, 5.74) is 0.173.